The molecule has 0 bridgehead atoms. The van der Waals surface area contributed by atoms with Crippen molar-refractivity contribution in [3.8, 4) is 5.88 Å². The van der Waals surface area contributed by atoms with Crippen LogP contribution in [0.3, 0.4) is 0 Å². The van der Waals surface area contributed by atoms with Crippen molar-refractivity contribution in [3.05, 3.63) is 41.7 Å². The first-order valence-corrected chi connectivity index (χ1v) is 11.4. The molecular formula is C24H32N4OS. The predicted octanol–water partition coefficient (Wildman–Crippen LogP) is 5.83. The second-order valence-electron chi connectivity index (χ2n) is 9.35. The maximum atomic E-state index is 6.16. The zero-order valence-electron chi connectivity index (χ0n) is 18.1. The summed E-state index contributed by atoms with van der Waals surface area (Å²) in [6, 6.07) is 9.01. The molecule has 1 aliphatic carbocycles. The van der Waals surface area contributed by atoms with Gasteiger partial charge in [0.15, 0.2) is 5.82 Å². The molecule has 5 nitrogen and oxygen atoms in total. The molecule has 2 aromatic rings. The van der Waals surface area contributed by atoms with Crippen LogP contribution in [0.2, 0.25) is 0 Å². The van der Waals surface area contributed by atoms with Gasteiger partial charge in [0, 0.05) is 0 Å². The molecule has 1 fully saturated rings. The minimum absolute atomic E-state index is 0.0269. The van der Waals surface area contributed by atoms with Crippen LogP contribution >= 0.6 is 12.2 Å². The van der Waals surface area contributed by atoms with Crippen LogP contribution in [0.1, 0.15) is 82.4 Å². The maximum Gasteiger partial charge on any atom is 0.243 e. The van der Waals surface area contributed by atoms with Crippen LogP contribution in [-0.4, -0.2) is 20.4 Å². The second-order valence-corrected chi connectivity index (χ2v) is 10.0. The molecule has 1 atom stereocenters. The number of aromatic nitrogens is 2. The monoisotopic (exact) mass is 424 g/mol. The summed E-state index contributed by atoms with van der Waals surface area (Å²) in [5.74, 6) is 2.44. The third-order valence-electron chi connectivity index (χ3n) is 6.68. The van der Waals surface area contributed by atoms with E-state index in [2.05, 4.69) is 60.3 Å². The summed E-state index contributed by atoms with van der Waals surface area (Å²) in [7, 11) is 0. The highest BCUT2D eigenvalue weighted by Crippen LogP contribution is 2.44. The van der Waals surface area contributed by atoms with Crippen molar-refractivity contribution >= 4 is 28.6 Å². The Morgan fingerprint density at radius 2 is 1.80 bits per heavy atom. The Balaban J connectivity index is 1.44. The van der Waals surface area contributed by atoms with Crippen molar-refractivity contribution in [2.24, 2.45) is 5.92 Å². The van der Waals surface area contributed by atoms with E-state index >= 15 is 0 Å². The van der Waals surface area contributed by atoms with Gasteiger partial charge in [-0.15, -0.1) is 0 Å². The van der Waals surface area contributed by atoms with Crippen LogP contribution in [0.15, 0.2) is 30.6 Å². The van der Waals surface area contributed by atoms with E-state index in [0.29, 0.717) is 23.3 Å². The van der Waals surface area contributed by atoms with Crippen molar-refractivity contribution in [2.45, 2.75) is 76.9 Å². The molecule has 1 unspecified atom stereocenters. The van der Waals surface area contributed by atoms with Crippen LogP contribution in [0.25, 0.3) is 0 Å². The van der Waals surface area contributed by atoms with Gasteiger partial charge in [-0.3, -0.25) is 0 Å². The number of ether oxygens (including phenoxy) is 1. The molecule has 30 heavy (non-hydrogen) atoms. The first-order chi connectivity index (χ1) is 14.3. The fourth-order valence-corrected chi connectivity index (χ4v) is 4.98. The Bertz CT molecular complexity index is 904. The molecule has 0 saturated heterocycles. The Hall–Kier alpha value is -2.21. The minimum Gasteiger partial charge on any atom is -0.467 e. The molecule has 4 rings (SSSR count). The van der Waals surface area contributed by atoms with E-state index in [9.17, 15) is 0 Å². The third-order valence-corrected chi connectivity index (χ3v) is 6.88. The van der Waals surface area contributed by atoms with E-state index in [1.54, 1.807) is 0 Å². The molecule has 1 saturated carbocycles. The van der Waals surface area contributed by atoms with Gasteiger partial charge >= 0.3 is 0 Å². The molecule has 1 aromatic carbocycles. The highest BCUT2D eigenvalue weighted by molar-refractivity contribution is 7.80. The number of thiocarbonyl (C=S) groups is 1. The molecule has 0 amide bonds. The number of benzene rings is 1. The highest BCUT2D eigenvalue weighted by Gasteiger charge is 2.39. The van der Waals surface area contributed by atoms with Gasteiger partial charge in [-0.05, 0) is 87.1 Å². The van der Waals surface area contributed by atoms with Gasteiger partial charge in [0.2, 0.25) is 5.88 Å². The predicted molar refractivity (Wildman–Crippen MR) is 126 cm³/mol. The molecule has 3 N–H and O–H groups in total. The van der Waals surface area contributed by atoms with Gasteiger partial charge in [0.25, 0.3) is 0 Å². The standard InChI is InChI=1S/C24H32N4OS/c1-15(30)4-5-16-6-8-17(9-7-16)18-10-12-19(13-11-18)21-24(2,3)29-23-20(28-21)22(25)26-14-27-23/h10-14,16-17,21,28H,4-9H2,1-3H3,(H2,25,26,27). The molecule has 1 aromatic heterocycles. The number of rotatable bonds is 5. The smallest absolute Gasteiger partial charge is 0.243 e. The average molecular weight is 425 g/mol. The summed E-state index contributed by atoms with van der Waals surface area (Å²) < 4.78 is 6.16. The lowest BCUT2D eigenvalue weighted by atomic mass is 9.76. The van der Waals surface area contributed by atoms with Crippen LogP contribution in [0.4, 0.5) is 11.5 Å². The SMILES string of the molecule is CC(=S)CCC1CCC(c2ccc(C3Nc4c(N)ncnc4OC3(C)C)cc2)CC1. The minimum atomic E-state index is -0.451. The van der Waals surface area contributed by atoms with Gasteiger partial charge in [-0.2, -0.15) is 4.98 Å². The van der Waals surface area contributed by atoms with Crippen LogP contribution in [0, 0.1) is 5.92 Å². The molecule has 0 spiro atoms. The highest BCUT2D eigenvalue weighted by atomic mass is 32.1. The Kier molecular flexibility index (Phi) is 5.96. The van der Waals surface area contributed by atoms with Gasteiger partial charge in [-0.1, -0.05) is 36.5 Å². The molecule has 1 aliphatic heterocycles. The third kappa shape index (κ3) is 4.43. The normalized spacial score (nSPS) is 25.0. The summed E-state index contributed by atoms with van der Waals surface area (Å²) in [6.07, 6.45) is 8.98. The summed E-state index contributed by atoms with van der Waals surface area (Å²) in [6.45, 7) is 6.21. The average Bonchev–Trinajstić information content (AvgIpc) is 2.72. The van der Waals surface area contributed by atoms with E-state index in [-0.39, 0.29) is 6.04 Å². The molecule has 2 aliphatic rings. The lowest BCUT2D eigenvalue weighted by molar-refractivity contribution is 0.0722. The molecule has 160 valence electrons. The summed E-state index contributed by atoms with van der Waals surface area (Å²) >= 11 is 5.25. The zero-order chi connectivity index (χ0) is 21.3. The molecule has 0 radical (unpaired) electrons. The van der Waals surface area contributed by atoms with Crippen molar-refractivity contribution in [3.63, 3.8) is 0 Å². The van der Waals surface area contributed by atoms with Crippen molar-refractivity contribution < 1.29 is 4.74 Å². The largest absolute Gasteiger partial charge is 0.467 e. The summed E-state index contributed by atoms with van der Waals surface area (Å²) in [5, 5.41) is 3.51. The van der Waals surface area contributed by atoms with E-state index in [0.717, 1.165) is 17.2 Å². The van der Waals surface area contributed by atoms with Gasteiger partial charge in [-0.25, -0.2) is 4.98 Å². The van der Waals surface area contributed by atoms with E-state index in [4.69, 9.17) is 22.7 Å². The number of nitrogens with one attached hydrogen (secondary N) is 1. The zero-order valence-corrected chi connectivity index (χ0v) is 19.0. The van der Waals surface area contributed by atoms with Crippen LogP contribution < -0.4 is 15.8 Å². The van der Waals surface area contributed by atoms with Crippen LogP contribution in [-0.2, 0) is 0 Å². The van der Waals surface area contributed by atoms with Gasteiger partial charge < -0.3 is 15.8 Å². The quantitative estimate of drug-likeness (QED) is 0.589. The number of hydrogen-bond donors (Lipinski definition) is 2. The Morgan fingerprint density at radius 3 is 2.47 bits per heavy atom. The van der Waals surface area contributed by atoms with Crippen LogP contribution in [0.5, 0.6) is 5.88 Å². The molecule has 2 heterocycles. The number of anilines is 2. The lowest BCUT2D eigenvalue weighted by Gasteiger charge is -2.40. The number of hydrogen-bond acceptors (Lipinski definition) is 6. The number of nitrogens with zero attached hydrogens (tertiary/aromatic N) is 2. The second kappa shape index (κ2) is 8.50. The van der Waals surface area contributed by atoms with Gasteiger partial charge in [0.1, 0.15) is 17.6 Å². The molecule has 6 heteroatoms. The van der Waals surface area contributed by atoms with Crippen molar-refractivity contribution in [1.29, 1.82) is 0 Å². The Labute approximate surface area is 184 Å². The fourth-order valence-electron chi connectivity index (χ4n) is 4.86. The summed E-state index contributed by atoms with van der Waals surface area (Å²) in [4.78, 5) is 9.46. The van der Waals surface area contributed by atoms with Crippen molar-refractivity contribution in [2.75, 3.05) is 11.1 Å². The van der Waals surface area contributed by atoms with E-state index in [1.165, 1.54) is 49.6 Å². The first kappa shape index (κ1) is 21.0. The fraction of sp³-hybridized carbons (Fsp3) is 0.542. The summed E-state index contributed by atoms with van der Waals surface area (Å²) in [5.41, 5.74) is 8.89. The van der Waals surface area contributed by atoms with E-state index < -0.39 is 5.60 Å². The van der Waals surface area contributed by atoms with E-state index in [1.807, 2.05) is 0 Å². The Morgan fingerprint density at radius 1 is 1.13 bits per heavy atom. The van der Waals surface area contributed by atoms with Gasteiger partial charge in [0.05, 0.1) is 6.04 Å². The maximum absolute atomic E-state index is 6.16. The number of nitrogen functional groups attached to an aromatic ring is 1. The van der Waals surface area contributed by atoms with Crippen molar-refractivity contribution in [1.82, 2.24) is 9.97 Å². The number of nitrogens with two attached hydrogens (primary N) is 1. The molecular weight excluding hydrogens is 392 g/mol. The topological polar surface area (TPSA) is 73.1 Å². The number of fused-ring (bicyclic) bond motifs is 1. The lowest BCUT2D eigenvalue weighted by Crippen LogP contribution is -2.44. The first-order valence-electron chi connectivity index (χ1n) is 11.0.